The zero-order valence-electron chi connectivity index (χ0n) is 17.7. The number of carbonyl (C=O) groups is 4. The summed E-state index contributed by atoms with van der Waals surface area (Å²) in [6.45, 7) is 8.34. The van der Waals surface area contributed by atoms with Crippen LogP contribution in [0.2, 0.25) is 0 Å². The monoisotopic (exact) mass is 444 g/mol. The lowest BCUT2D eigenvalue weighted by molar-refractivity contribution is -0.778. The minimum absolute atomic E-state index is 0.253. The number of nitrogens with zero attached hydrogens (tertiary/aromatic N) is 1. The van der Waals surface area contributed by atoms with Gasteiger partial charge in [-0.25, -0.2) is 0 Å². The Balaban J connectivity index is 2.54. The number of esters is 4. The van der Waals surface area contributed by atoms with Crippen molar-refractivity contribution in [1.82, 2.24) is 0 Å². The van der Waals surface area contributed by atoms with Crippen molar-refractivity contribution in [3.63, 3.8) is 0 Å². The summed E-state index contributed by atoms with van der Waals surface area (Å²) in [6, 6.07) is 0. The molecule has 5 atom stereocenters. The van der Waals surface area contributed by atoms with Crippen molar-refractivity contribution in [2.75, 3.05) is 6.61 Å². The topological polar surface area (TPSA) is 118 Å². The van der Waals surface area contributed by atoms with Gasteiger partial charge in [-0.3, -0.25) is 19.2 Å². The van der Waals surface area contributed by atoms with Crippen LogP contribution < -0.4 is 4.57 Å². The van der Waals surface area contributed by atoms with E-state index in [0.29, 0.717) is 0 Å². The number of rotatable bonds is 6. The Morgan fingerprint density at radius 2 is 1.43 bits per heavy atom. The van der Waals surface area contributed by atoms with E-state index in [4.69, 9.17) is 23.7 Å². The van der Waals surface area contributed by atoms with Crippen LogP contribution in [0.3, 0.4) is 0 Å². The highest BCUT2D eigenvalue weighted by Crippen LogP contribution is 2.33. The molecule has 0 N–H and O–H groups in total. The van der Waals surface area contributed by atoms with Gasteiger partial charge < -0.3 is 23.7 Å². The van der Waals surface area contributed by atoms with Crippen molar-refractivity contribution in [3.05, 3.63) is 16.1 Å². The first-order chi connectivity index (χ1) is 14.0. The average molecular weight is 444 g/mol. The van der Waals surface area contributed by atoms with Crippen molar-refractivity contribution in [2.24, 2.45) is 0 Å². The minimum Gasteiger partial charge on any atom is -0.463 e. The van der Waals surface area contributed by atoms with E-state index in [0.717, 1.165) is 10.6 Å². The van der Waals surface area contributed by atoms with Gasteiger partial charge in [0.05, 0.1) is 4.88 Å². The van der Waals surface area contributed by atoms with Gasteiger partial charge in [-0.1, -0.05) is 11.3 Å². The molecule has 0 aliphatic carbocycles. The summed E-state index contributed by atoms with van der Waals surface area (Å²) in [5.74, 6) is -2.51. The van der Waals surface area contributed by atoms with Crippen molar-refractivity contribution in [1.29, 1.82) is 0 Å². The van der Waals surface area contributed by atoms with Crippen LogP contribution in [0.5, 0.6) is 0 Å². The lowest BCUT2D eigenvalue weighted by Gasteiger charge is -2.41. The predicted octanol–water partition coefficient (Wildman–Crippen LogP) is 0.908. The number of ether oxygens (including phenoxy) is 5. The predicted molar refractivity (Wildman–Crippen MR) is 101 cm³/mol. The molecule has 166 valence electrons. The largest absolute Gasteiger partial charge is 0.463 e. The molecular weight excluding hydrogens is 418 g/mol. The zero-order chi connectivity index (χ0) is 22.6. The highest BCUT2D eigenvalue weighted by molar-refractivity contribution is 7.09. The molecule has 0 bridgehead atoms. The first-order valence-corrected chi connectivity index (χ1v) is 10.2. The molecular formula is C19H26NO9S+. The number of hydrogen-bond acceptors (Lipinski definition) is 10. The molecule has 2 rings (SSSR count). The van der Waals surface area contributed by atoms with Crippen LogP contribution in [-0.2, 0) is 42.9 Å². The number of carbonyl (C=O) groups excluding carboxylic acids is 4. The quantitative estimate of drug-likeness (QED) is 0.358. The maximum absolute atomic E-state index is 11.8. The van der Waals surface area contributed by atoms with Gasteiger partial charge in [-0.05, 0) is 6.92 Å². The molecule has 1 fully saturated rings. The first kappa shape index (κ1) is 23.7. The molecule has 0 unspecified atom stereocenters. The Morgan fingerprint density at radius 3 is 1.90 bits per heavy atom. The number of thiazole rings is 1. The Labute approximate surface area is 178 Å². The molecule has 0 radical (unpaired) electrons. The van der Waals surface area contributed by atoms with Crippen LogP contribution in [0.4, 0.5) is 0 Å². The Bertz CT molecular complexity index is 821. The van der Waals surface area contributed by atoms with Gasteiger partial charge in [0.1, 0.15) is 12.7 Å². The van der Waals surface area contributed by atoms with Crippen LogP contribution in [0.15, 0.2) is 5.51 Å². The molecule has 10 nitrogen and oxygen atoms in total. The Kier molecular flexibility index (Phi) is 7.90. The Morgan fingerprint density at radius 1 is 0.900 bits per heavy atom. The molecule has 1 aliphatic rings. The second-order valence-corrected chi connectivity index (χ2v) is 7.92. The van der Waals surface area contributed by atoms with Crippen molar-refractivity contribution in [3.8, 4) is 0 Å². The van der Waals surface area contributed by atoms with Gasteiger partial charge in [0.2, 0.25) is 11.6 Å². The van der Waals surface area contributed by atoms with Gasteiger partial charge in [-0.15, -0.1) is 0 Å². The van der Waals surface area contributed by atoms with Gasteiger partial charge in [-0.2, -0.15) is 4.57 Å². The Hall–Kier alpha value is -2.53. The van der Waals surface area contributed by atoms with E-state index in [1.807, 2.05) is 13.8 Å². The van der Waals surface area contributed by atoms with E-state index in [1.54, 1.807) is 10.1 Å². The number of hydrogen-bond donors (Lipinski definition) is 0. The maximum atomic E-state index is 11.8. The summed E-state index contributed by atoms with van der Waals surface area (Å²) in [5, 5.41) is 0. The SMILES string of the molecule is CC(=O)OC[C@H]1O[C@@H]([n+]2csc(C)c2C)[C@H](OC(C)=O)[C@@H](OC(C)=O)[C@@H]1OC(C)=O. The lowest BCUT2D eigenvalue weighted by atomic mass is 9.97. The van der Waals surface area contributed by atoms with Gasteiger partial charge >= 0.3 is 30.1 Å². The summed E-state index contributed by atoms with van der Waals surface area (Å²) in [4.78, 5) is 47.7. The molecule has 1 aromatic heterocycles. The van der Waals surface area contributed by atoms with Crippen molar-refractivity contribution in [2.45, 2.75) is 72.2 Å². The van der Waals surface area contributed by atoms with Gasteiger partial charge in [0.25, 0.3) is 0 Å². The molecule has 1 aromatic rings. The average Bonchev–Trinajstić information content (AvgIpc) is 2.94. The smallest absolute Gasteiger partial charge is 0.305 e. The highest BCUT2D eigenvalue weighted by atomic mass is 32.1. The highest BCUT2D eigenvalue weighted by Gasteiger charge is 2.56. The second kappa shape index (κ2) is 9.98. The second-order valence-electron chi connectivity index (χ2n) is 6.86. The maximum Gasteiger partial charge on any atom is 0.305 e. The fourth-order valence-corrected chi connectivity index (χ4v) is 3.99. The van der Waals surface area contributed by atoms with Gasteiger partial charge in [0, 0.05) is 34.6 Å². The molecule has 30 heavy (non-hydrogen) atoms. The molecule has 0 spiro atoms. The van der Waals surface area contributed by atoms with E-state index < -0.39 is 54.5 Å². The standard InChI is InChI=1S/C19H26NO9S/c1-9-10(2)30-8-20(9)19-18(28-14(6)24)17(27-13(5)23)16(26-12(4)22)15(29-19)7-25-11(3)21/h8,15-19H,7H2,1-6H3/q+1/t15-,16-,17+,18-,19-/m1/s1. The zero-order valence-corrected chi connectivity index (χ0v) is 18.5. The van der Waals surface area contributed by atoms with E-state index in [2.05, 4.69) is 0 Å². The van der Waals surface area contributed by atoms with Crippen LogP contribution >= 0.6 is 11.3 Å². The third-order valence-electron chi connectivity index (χ3n) is 4.48. The summed E-state index contributed by atoms with van der Waals surface area (Å²) in [7, 11) is 0. The van der Waals surface area contributed by atoms with E-state index >= 15 is 0 Å². The molecule has 1 aliphatic heterocycles. The number of aromatic nitrogens is 1. The molecule has 0 amide bonds. The number of aryl methyl sites for hydroxylation is 1. The van der Waals surface area contributed by atoms with Crippen molar-refractivity contribution >= 4 is 35.2 Å². The fraction of sp³-hybridized carbons (Fsp3) is 0.632. The summed E-state index contributed by atoms with van der Waals surface area (Å²) in [6.07, 6.45) is -5.32. The molecule has 1 saturated heterocycles. The summed E-state index contributed by atoms with van der Waals surface area (Å²) >= 11 is 1.46. The fourth-order valence-electron chi connectivity index (χ4n) is 3.16. The van der Waals surface area contributed by atoms with Gasteiger partial charge in [0.15, 0.2) is 17.9 Å². The molecule has 0 saturated carbocycles. The molecule has 2 heterocycles. The summed E-state index contributed by atoms with van der Waals surface area (Å²) < 4.78 is 29.2. The first-order valence-electron chi connectivity index (χ1n) is 9.27. The van der Waals surface area contributed by atoms with Crippen LogP contribution in [0, 0.1) is 13.8 Å². The van der Waals surface area contributed by atoms with E-state index in [-0.39, 0.29) is 6.61 Å². The van der Waals surface area contributed by atoms with E-state index in [9.17, 15) is 19.2 Å². The van der Waals surface area contributed by atoms with Crippen LogP contribution in [0.25, 0.3) is 0 Å². The van der Waals surface area contributed by atoms with Crippen LogP contribution in [0.1, 0.15) is 44.5 Å². The normalized spacial score (nSPS) is 25.9. The lowest BCUT2D eigenvalue weighted by Crippen LogP contribution is -2.65. The molecule has 0 aromatic carbocycles. The minimum atomic E-state index is -1.18. The third-order valence-corrected chi connectivity index (χ3v) is 5.46. The summed E-state index contributed by atoms with van der Waals surface area (Å²) in [5.41, 5.74) is 2.63. The third kappa shape index (κ3) is 5.76. The molecule has 11 heteroatoms. The van der Waals surface area contributed by atoms with E-state index in [1.165, 1.54) is 39.0 Å². The van der Waals surface area contributed by atoms with Crippen molar-refractivity contribution < 1.29 is 47.4 Å². The van der Waals surface area contributed by atoms with Crippen LogP contribution in [-0.4, -0.2) is 54.9 Å².